The molecule has 1 unspecified atom stereocenters. The van der Waals surface area contributed by atoms with Crippen LogP contribution in [0.5, 0.6) is 0 Å². The SMILES string of the molecule is CC(=O)O[C@H]1CS[C@H](C(=O)O[C@@H]2C[C@H](C)CCC2C(C)C)O1. The second-order valence-electron chi connectivity index (χ2n) is 6.64. The van der Waals surface area contributed by atoms with Crippen LogP contribution in [0, 0.1) is 17.8 Å². The van der Waals surface area contributed by atoms with Gasteiger partial charge in [0.15, 0.2) is 0 Å². The van der Waals surface area contributed by atoms with E-state index in [1.807, 2.05) is 0 Å². The largest absolute Gasteiger partial charge is 0.459 e. The van der Waals surface area contributed by atoms with E-state index in [1.54, 1.807) is 0 Å². The van der Waals surface area contributed by atoms with Crippen molar-refractivity contribution in [2.75, 3.05) is 5.75 Å². The van der Waals surface area contributed by atoms with E-state index in [9.17, 15) is 9.59 Å². The van der Waals surface area contributed by atoms with Gasteiger partial charge in [-0.05, 0) is 30.6 Å². The lowest BCUT2D eigenvalue weighted by Gasteiger charge is -2.37. The maximum absolute atomic E-state index is 12.3. The lowest BCUT2D eigenvalue weighted by atomic mass is 9.75. The zero-order valence-electron chi connectivity index (χ0n) is 13.7. The van der Waals surface area contributed by atoms with Gasteiger partial charge in [-0.1, -0.05) is 27.2 Å². The Morgan fingerprint density at radius 2 is 1.95 bits per heavy atom. The molecule has 0 radical (unpaired) electrons. The van der Waals surface area contributed by atoms with Crippen LogP contribution in [0.25, 0.3) is 0 Å². The van der Waals surface area contributed by atoms with Gasteiger partial charge in [0.05, 0.1) is 5.75 Å². The average Bonchev–Trinajstić information content (AvgIpc) is 2.86. The number of carbonyl (C=O) groups excluding carboxylic acids is 2. The lowest BCUT2D eigenvalue weighted by Crippen LogP contribution is -2.38. The third-order valence-electron chi connectivity index (χ3n) is 4.38. The third-order valence-corrected chi connectivity index (χ3v) is 5.45. The molecule has 5 atom stereocenters. The summed E-state index contributed by atoms with van der Waals surface area (Å²) in [5.41, 5.74) is -0.686. The minimum absolute atomic E-state index is 0.0341. The molecule has 2 rings (SSSR count). The predicted octanol–water partition coefficient (Wildman–Crippen LogP) is 2.97. The third kappa shape index (κ3) is 4.62. The smallest absolute Gasteiger partial charge is 0.346 e. The van der Waals surface area contributed by atoms with Gasteiger partial charge in [-0.3, -0.25) is 4.79 Å². The molecule has 22 heavy (non-hydrogen) atoms. The van der Waals surface area contributed by atoms with E-state index < -0.39 is 17.7 Å². The number of rotatable bonds is 4. The van der Waals surface area contributed by atoms with Gasteiger partial charge in [-0.2, -0.15) is 0 Å². The maximum Gasteiger partial charge on any atom is 0.346 e. The van der Waals surface area contributed by atoms with E-state index in [2.05, 4.69) is 20.8 Å². The fraction of sp³-hybridized carbons (Fsp3) is 0.875. The number of thioether (sulfide) groups is 1. The van der Waals surface area contributed by atoms with E-state index in [0.29, 0.717) is 23.5 Å². The van der Waals surface area contributed by atoms with Crippen LogP contribution in [0.4, 0.5) is 0 Å². The molecule has 1 aliphatic carbocycles. The van der Waals surface area contributed by atoms with Crippen molar-refractivity contribution >= 4 is 23.7 Å². The second kappa shape index (κ2) is 7.68. The molecule has 5 nitrogen and oxygen atoms in total. The number of hydrogen-bond donors (Lipinski definition) is 0. The number of carbonyl (C=O) groups is 2. The summed E-state index contributed by atoms with van der Waals surface area (Å²) in [5, 5.41) is 0. The summed E-state index contributed by atoms with van der Waals surface area (Å²) in [4.78, 5) is 23.2. The summed E-state index contributed by atoms with van der Waals surface area (Å²) >= 11 is 1.33. The van der Waals surface area contributed by atoms with Crippen LogP contribution in [-0.4, -0.2) is 35.5 Å². The fourth-order valence-electron chi connectivity index (χ4n) is 3.21. The normalized spacial score (nSPS) is 35.4. The molecular weight excluding hydrogens is 304 g/mol. The quantitative estimate of drug-likeness (QED) is 0.739. The zero-order chi connectivity index (χ0) is 16.3. The predicted molar refractivity (Wildman–Crippen MR) is 84.1 cm³/mol. The molecule has 1 heterocycles. The highest BCUT2D eigenvalue weighted by Gasteiger charge is 2.39. The molecule has 1 saturated heterocycles. The van der Waals surface area contributed by atoms with E-state index in [0.717, 1.165) is 12.8 Å². The van der Waals surface area contributed by atoms with Gasteiger partial charge in [-0.15, -0.1) is 11.8 Å². The molecule has 0 aromatic heterocycles. The highest BCUT2D eigenvalue weighted by atomic mass is 32.2. The Hall–Kier alpha value is -0.750. The van der Waals surface area contributed by atoms with Crippen molar-refractivity contribution in [2.24, 2.45) is 17.8 Å². The van der Waals surface area contributed by atoms with Gasteiger partial charge in [0, 0.05) is 6.92 Å². The summed E-state index contributed by atoms with van der Waals surface area (Å²) in [7, 11) is 0. The molecule has 6 heteroatoms. The molecule has 126 valence electrons. The Balaban J connectivity index is 1.88. The number of esters is 2. The molecule has 1 aliphatic heterocycles. The Morgan fingerprint density at radius 1 is 1.23 bits per heavy atom. The van der Waals surface area contributed by atoms with Crippen LogP contribution in [0.3, 0.4) is 0 Å². The highest BCUT2D eigenvalue weighted by Crippen LogP contribution is 2.36. The van der Waals surface area contributed by atoms with E-state index >= 15 is 0 Å². The van der Waals surface area contributed by atoms with Crippen LogP contribution in [0.15, 0.2) is 0 Å². The Kier molecular flexibility index (Phi) is 6.15. The van der Waals surface area contributed by atoms with Crippen LogP contribution < -0.4 is 0 Å². The average molecular weight is 330 g/mol. The molecular formula is C16H26O5S. The van der Waals surface area contributed by atoms with Crippen LogP contribution in [0.2, 0.25) is 0 Å². The first-order valence-electron chi connectivity index (χ1n) is 8.01. The summed E-state index contributed by atoms with van der Waals surface area (Å²) in [6.45, 7) is 7.89. The van der Waals surface area contributed by atoms with Crippen molar-refractivity contribution < 1.29 is 23.8 Å². The molecule has 0 amide bonds. The van der Waals surface area contributed by atoms with Crippen molar-refractivity contribution in [3.8, 4) is 0 Å². The summed E-state index contributed by atoms with van der Waals surface area (Å²) in [5.74, 6) is 1.21. The molecule has 2 fully saturated rings. The van der Waals surface area contributed by atoms with E-state index in [4.69, 9.17) is 14.2 Å². The Morgan fingerprint density at radius 3 is 2.59 bits per heavy atom. The Bertz CT molecular complexity index is 411. The minimum Gasteiger partial charge on any atom is -0.459 e. The van der Waals surface area contributed by atoms with Gasteiger partial charge >= 0.3 is 11.9 Å². The van der Waals surface area contributed by atoms with Crippen LogP contribution in [-0.2, 0) is 23.8 Å². The number of ether oxygens (including phenoxy) is 3. The monoisotopic (exact) mass is 330 g/mol. The highest BCUT2D eigenvalue weighted by molar-refractivity contribution is 8.00. The molecule has 2 aliphatic rings. The molecule has 0 N–H and O–H groups in total. The van der Waals surface area contributed by atoms with Crippen molar-refractivity contribution in [1.82, 2.24) is 0 Å². The van der Waals surface area contributed by atoms with E-state index in [-0.39, 0.29) is 12.1 Å². The molecule has 0 aromatic rings. The first-order chi connectivity index (χ1) is 10.4. The van der Waals surface area contributed by atoms with Crippen molar-refractivity contribution in [3.05, 3.63) is 0 Å². The van der Waals surface area contributed by atoms with Gasteiger partial charge < -0.3 is 14.2 Å². The summed E-state index contributed by atoms with van der Waals surface area (Å²) < 4.78 is 16.2. The topological polar surface area (TPSA) is 61.8 Å². The molecule has 0 aromatic carbocycles. The molecule has 0 spiro atoms. The van der Waals surface area contributed by atoms with E-state index in [1.165, 1.54) is 25.1 Å². The summed E-state index contributed by atoms with van der Waals surface area (Å²) in [6.07, 6.45) is 2.53. The first kappa shape index (κ1) is 17.6. The van der Waals surface area contributed by atoms with Gasteiger partial charge in [-0.25, -0.2) is 4.79 Å². The van der Waals surface area contributed by atoms with Crippen molar-refractivity contribution in [2.45, 2.75) is 64.8 Å². The zero-order valence-corrected chi connectivity index (χ0v) is 14.6. The lowest BCUT2D eigenvalue weighted by molar-refractivity contribution is -0.185. The molecule has 0 bridgehead atoms. The maximum atomic E-state index is 12.3. The molecule has 1 saturated carbocycles. The van der Waals surface area contributed by atoms with Crippen molar-refractivity contribution in [3.63, 3.8) is 0 Å². The summed E-state index contributed by atoms with van der Waals surface area (Å²) in [6, 6.07) is 0. The van der Waals surface area contributed by atoms with Gasteiger partial charge in [0.1, 0.15) is 6.10 Å². The minimum atomic E-state index is -0.686. The van der Waals surface area contributed by atoms with Crippen molar-refractivity contribution in [1.29, 1.82) is 0 Å². The fourth-order valence-corrected chi connectivity index (χ4v) is 4.08. The van der Waals surface area contributed by atoms with Crippen LogP contribution >= 0.6 is 11.8 Å². The first-order valence-corrected chi connectivity index (χ1v) is 9.06. The second-order valence-corrected chi connectivity index (χ2v) is 7.74. The number of hydrogen-bond acceptors (Lipinski definition) is 6. The van der Waals surface area contributed by atoms with Gasteiger partial charge in [0.2, 0.25) is 11.7 Å². The van der Waals surface area contributed by atoms with Crippen LogP contribution in [0.1, 0.15) is 47.0 Å². The van der Waals surface area contributed by atoms with Gasteiger partial charge in [0.25, 0.3) is 0 Å². The standard InChI is InChI=1S/C16H26O5S/c1-9(2)12-6-5-10(3)7-13(12)20-15(18)16-21-14(8-22-16)19-11(4)17/h9-10,12-14,16H,5-8H2,1-4H3/t10-,12?,13-,14-,16-/m1/s1. The Labute approximate surface area is 136 Å².